The SMILES string of the molecule is NC(=O)c1cccc(C(=O)N2CCc3ccccc3C2)c1S(=O)(=O)c1ccc2ccccc2c1. The summed E-state index contributed by atoms with van der Waals surface area (Å²) in [4.78, 5) is 27.1. The van der Waals surface area contributed by atoms with Crippen LogP contribution in [0.15, 0.2) is 94.7 Å². The van der Waals surface area contributed by atoms with Crippen molar-refractivity contribution >= 4 is 32.4 Å². The first-order chi connectivity index (χ1) is 16.4. The number of carbonyl (C=O) groups excluding carboxylic acids is 2. The molecular formula is C27H22N2O4S. The van der Waals surface area contributed by atoms with E-state index in [0.29, 0.717) is 19.5 Å². The van der Waals surface area contributed by atoms with Crippen molar-refractivity contribution < 1.29 is 18.0 Å². The zero-order valence-electron chi connectivity index (χ0n) is 18.3. The first-order valence-corrected chi connectivity index (χ1v) is 12.4. The van der Waals surface area contributed by atoms with E-state index in [4.69, 9.17) is 5.73 Å². The number of primary amides is 1. The van der Waals surface area contributed by atoms with Crippen LogP contribution in [-0.4, -0.2) is 31.7 Å². The summed E-state index contributed by atoms with van der Waals surface area (Å²) in [5.41, 5.74) is 7.50. The Morgan fingerprint density at radius 3 is 2.21 bits per heavy atom. The molecule has 4 aromatic rings. The molecule has 0 saturated heterocycles. The minimum atomic E-state index is -4.23. The summed E-state index contributed by atoms with van der Waals surface area (Å²) in [6.45, 7) is 0.817. The highest BCUT2D eigenvalue weighted by Crippen LogP contribution is 2.31. The molecule has 0 radical (unpaired) electrons. The number of rotatable bonds is 4. The van der Waals surface area contributed by atoms with Gasteiger partial charge in [-0.1, -0.05) is 60.7 Å². The van der Waals surface area contributed by atoms with E-state index < -0.39 is 21.7 Å². The van der Waals surface area contributed by atoms with Gasteiger partial charge in [-0.25, -0.2) is 8.42 Å². The zero-order valence-corrected chi connectivity index (χ0v) is 19.1. The zero-order chi connectivity index (χ0) is 23.9. The average molecular weight is 471 g/mol. The second kappa shape index (κ2) is 8.43. The molecule has 4 aromatic carbocycles. The van der Waals surface area contributed by atoms with Gasteiger partial charge in [-0.15, -0.1) is 0 Å². The van der Waals surface area contributed by atoms with Gasteiger partial charge in [-0.05, 0) is 52.6 Å². The monoisotopic (exact) mass is 470 g/mol. The number of nitrogens with zero attached hydrogens (tertiary/aromatic N) is 1. The van der Waals surface area contributed by atoms with Crippen LogP contribution in [0.5, 0.6) is 0 Å². The standard InChI is InChI=1S/C27H22N2O4S/c28-26(30)23-10-5-11-24(27(31)29-15-14-19-7-2-4-9-21(19)17-29)25(23)34(32,33)22-13-12-18-6-1-3-8-20(18)16-22/h1-13,16H,14-15,17H2,(H2,28,30). The summed E-state index contributed by atoms with van der Waals surface area (Å²) in [5.74, 6) is -1.35. The molecule has 0 atom stereocenters. The van der Waals surface area contributed by atoms with Crippen molar-refractivity contribution in [3.05, 3.63) is 107 Å². The molecule has 0 bridgehead atoms. The number of nitrogens with two attached hydrogens (primary N) is 1. The van der Waals surface area contributed by atoms with E-state index in [1.165, 1.54) is 29.8 Å². The third kappa shape index (κ3) is 3.74. The van der Waals surface area contributed by atoms with Crippen molar-refractivity contribution in [3.63, 3.8) is 0 Å². The Morgan fingerprint density at radius 2 is 1.44 bits per heavy atom. The van der Waals surface area contributed by atoms with E-state index in [9.17, 15) is 18.0 Å². The maximum absolute atomic E-state index is 13.8. The molecule has 1 aliphatic heterocycles. The van der Waals surface area contributed by atoms with Crippen LogP contribution >= 0.6 is 0 Å². The van der Waals surface area contributed by atoms with Crippen LogP contribution < -0.4 is 5.73 Å². The van der Waals surface area contributed by atoms with Gasteiger partial charge in [0, 0.05) is 13.1 Å². The van der Waals surface area contributed by atoms with Crippen LogP contribution in [-0.2, 0) is 22.8 Å². The molecule has 0 unspecified atom stereocenters. The normalized spacial score (nSPS) is 13.5. The molecule has 1 heterocycles. The lowest BCUT2D eigenvalue weighted by Gasteiger charge is -2.29. The van der Waals surface area contributed by atoms with Gasteiger partial charge in [0.05, 0.1) is 20.9 Å². The lowest BCUT2D eigenvalue weighted by Crippen LogP contribution is -2.37. The van der Waals surface area contributed by atoms with Crippen molar-refractivity contribution in [3.8, 4) is 0 Å². The minimum Gasteiger partial charge on any atom is -0.366 e. The van der Waals surface area contributed by atoms with E-state index in [2.05, 4.69) is 0 Å². The topological polar surface area (TPSA) is 97.5 Å². The first kappa shape index (κ1) is 21.9. The molecule has 5 rings (SSSR count). The summed E-state index contributed by atoms with van der Waals surface area (Å²) in [6, 6.07) is 24.3. The number of carbonyl (C=O) groups is 2. The average Bonchev–Trinajstić information content (AvgIpc) is 2.87. The van der Waals surface area contributed by atoms with Crippen molar-refractivity contribution in [1.29, 1.82) is 0 Å². The molecule has 0 aliphatic carbocycles. The summed E-state index contributed by atoms with van der Waals surface area (Å²) in [7, 11) is -4.23. The minimum absolute atomic E-state index is 0.00191. The van der Waals surface area contributed by atoms with Crippen LogP contribution in [0.2, 0.25) is 0 Å². The number of benzene rings is 4. The van der Waals surface area contributed by atoms with Crippen LogP contribution in [0.25, 0.3) is 10.8 Å². The van der Waals surface area contributed by atoms with E-state index >= 15 is 0 Å². The van der Waals surface area contributed by atoms with E-state index in [-0.39, 0.29) is 20.9 Å². The Labute approximate surface area is 197 Å². The molecule has 0 saturated carbocycles. The Kier molecular flexibility index (Phi) is 5.42. The van der Waals surface area contributed by atoms with Gasteiger partial charge in [0.1, 0.15) is 0 Å². The smallest absolute Gasteiger partial charge is 0.255 e. The fourth-order valence-electron chi connectivity index (χ4n) is 4.48. The summed E-state index contributed by atoms with van der Waals surface area (Å²) >= 11 is 0. The predicted octanol–water partition coefficient (Wildman–Crippen LogP) is 3.97. The summed E-state index contributed by atoms with van der Waals surface area (Å²) in [6.07, 6.45) is 0.671. The number of sulfone groups is 1. The molecule has 2 amide bonds. The molecule has 6 nitrogen and oxygen atoms in total. The van der Waals surface area contributed by atoms with Gasteiger partial charge in [0.25, 0.3) is 5.91 Å². The molecule has 170 valence electrons. The highest BCUT2D eigenvalue weighted by Gasteiger charge is 2.32. The molecular weight excluding hydrogens is 448 g/mol. The lowest BCUT2D eigenvalue weighted by molar-refractivity contribution is 0.0730. The van der Waals surface area contributed by atoms with Crippen LogP contribution in [0.4, 0.5) is 0 Å². The third-order valence-corrected chi connectivity index (χ3v) is 8.08. The van der Waals surface area contributed by atoms with Crippen molar-refractivity contribution in [2.24, 2.45) is 5.73 Å². The number of amides is 2. The Morgan fingerprint density at radius 1 is 0.765 bits per heavy atom. The van der Waals surface area contributed by atoms with Gasteiger partial charge >= 0.3 is 0 Å². The highest BCUT2D eigenvalue weighted by molar-refractivity contribution is 7.91. The van der Waals surface area contributed by atoms with Gasteiger partial charge in [-0.3, -0.25) is 9.59 Å². The van der Waals surface area contributed by atoms with E-state index in [1.54, 1.807) is 17.0 Å². The van der Waals surface area contributed by atoms with Crippen LogP contribution in [0.1, 0.15) is 31.8 Å². The maximum atomic E-state index is 13.8. The second-order valence-electron chi connectivity index (χ2n) is 8.30. The molecule has 2 N–H and O–H groups in total. The molecule has 34 heavy (non-hydrogen) atoms. The fraction of sp³-hybridized carbons (Fsp3) is 0.111. The van der Waals surface area contributed by atoms with Crippen LogP contribution in [0, 0.1) is 0 Å². The maximum Gasteiger partial charge on any atom is 0.255 e. The Bertz CT molecular complexity index is 1560. The third-order valence-electron chi connectivity index (χ3n) is 6.23. The Hall–Kier alpha value is -3.97. The summed E-state index contributed by atoms with van der Waals surface area (Å²) < 4.78 is 27.7. The molecule has 1 aliphatic rings. The van der Waals surface area contributed by atoms with Gasteiger partial charge < -0.3 is 10.6 Å². The van der Waals surface area contributed by atoms with E-state index in [1.807, 2.05) is 48.5 Å². The summed E-state index contributed by atoms with van der Waals surface area (Å²) in [5, 5.41) is 1.62. The van der Waals surface area contributed by atoms with Gasteiger partial charge in [0.15, 0.2) is 0 Å². The van der Waals surface area contributed by atoms with E-state index in [0.717, 1.165) is 16.3 Å². The largest absolute Gasteiger partial charge is 0.366 e. The fourth-order valence-corrected chi connectivity index (χ4v) is 6.15. The highest BCUT2D eigenvalue weighted by atomic mass is 32.2. The number of hydrogen-bond donors (Lipinski definition) is 1. The Balaban J connectivity index is 1.63. The number of fused-ring (bicyclic) bond motifs is 2. The lowest BCUT2D eigenvalue weighted by atomic mass is 9.99. The van der Waals surface area contributed by atoms with Crippen molar-refractivity contribution in [1.82, 2.24) is 4.90 Å². The first-order valence-electron chi connectivity index (χ1n) is 10.9. The molecule has 0 spiro atoms. The predicted molar refractivity (Wildman–Crippen MR) is 129 cm³/mol. The van der Waals surface area contributed by atoms with Crippen molar-refractivity contribution in [2.75, 3.05) is 6.54 Å². The van der Waals surface area contributed by atoms with Crippen molar-refractivity contribution in [2.45, 2.75) is 22.8 Å². The molecule has 7 heteroatoms. The quantitative estimate of drug-likeness (QED) is 0.488. The van der Waals surface area contributed by atoms with Gasteiger partial charge in [0.2, 0.25) is 15.7 Å². The van der Waals surface area contributed by atoms with Gasteiger partial charge in [-0.2, -0.15) is 0 Å². The van der Waals surface area contributed by atoms with Crippen LogP contribution in [0.3, 0.4) is 0 Å². The molecule has 0 aromatic heterocycles. The molecule has 0 fully saturated rings. The second-order valence-corrected chi connectivity index (χ2v) is 10.2. The number of hydrogen-bond acceptors (Lipinski definition) is 4.